The zero-order valence-electron chi connectivity index (χ0n) is 8.97. The van der Waals surface area contributed by atoms with Gasteiger partial charge in [0, 0.05) is 13.1 Å². The summed E-state index contributed by atoms with van der Waals surface area (Å²) >= 11 is 0. The van der Waals surface area contributed by atoms with Crippen molar-refractivity contribution in [2.75, 3.05) is 65.4 Å². The Labute approximate surface area is 86.6 Å². The molecule has 2 rings (SSSR count). The Morgan fingerprint density at radius 3 is 1.21 bits per heavy atom. The maximum atomic E-state index is 3.50. The molecule has 0 aromatic heterocycles. The normalized spacial score (nSPS) is 36.0. The lowest BCUT2D eigenvalue weighted by Gasteiger charge is -2.20. The van der Waals surface area contributed by atoms with Gasteiger partial charge in [0.1, 0.15) is 26.2 Å². The van der Waals surface area contributed by atoms with Crippen LogP contribution in [-0.2, 0) is 0 Å². The van der Waals surface area contributed by atoms with Gasteiger partial charge in [-0.3, -0.25) is 9.80 Å². The van der Waals surface area contributed by atoms with E-state index in [1.807, 2.05) is 0 Å². The van der Waals surface area contributed by atoms with Crippen molar-refractivity contribution in [1.29, 1.82) is 0 Å². The first kappa shape index (κ1) is 10.4. The summed E-state index contributed by atoms with van der Waals surface area (Å²) in [6.45, 7) is 11.9. The minimum atomic E-state index is 1.15. The molecule has 4 heteroatoms. The maximum absolute atomic E-state index is 3.50. The van der Waals surface area contributed by atoms with Crippen LogP contribution in [0.15, 0.2) is 0 Å². The fourth-order valence-electron chi connectivity index (χ4n) is 2.15. The van der Waals surface area contributed by atoms with E-state index in [-0.39, 0.29) is 0 Å². The Morgan fingerprint density at radius 2 is 0.857 bits per heavy atom. The molecule has 2 radical (unpaired) electrons. The van der Waals surface area contributed by atoms with Gasteiger partial charge in [-0.15, -0.1) is 0 Å². The summed E-state index contributed by atoms with van der Waals surface area (Å²) in [6.07, 6.45) is 0. The second-order valence-electron chi connectivity index (χ2n) is 4.18. The summed E-state index contributed by atoms with van der Waals surface area (Å²) in [5.41, 5.74) is 0. The van der Waals surface area contributed by atoms with Gasteiger partial charge in [0.15, 0.2) is 0 Å². The number of hydrogen-bond donors (Lipinski definition) is 2. The van der Waals surface area contributed by atoms with Crippen LogP contribution in [0, 0.1) is 0 Å². The van der Waals surface area contributed by atoms with Crippen LogP contribution in [0.1, 0.15) is 0 Å². The van der Waals surface area contributed by atoms with Crippen molar-refractivity contribution in [3.63, 3.8) is 0 Å². The number of rotatable bonds is 0. The molecular weight excluding hydrogens is 176 g/mol. The van der Waals surface area contributed by atoms with E-state index < -0.39 is 0 Å². The van der Waals surface area contributed by atoms with Gasteiger partial charge in [-0.05, 0) is 0 Å². The molecule has 14 heavy (non-hydrogen) atoms. The van der Waals surface area contributed by atoms with Crippen molar-refractivity contribution >= 4 is 0 Å². The maximum Gasteiger partial charge on any atom is 0.133 e. The zero-order chi connectivity index (χ0) is 9.64. The van der Waals surface area contributed by atoms with E-state index in [0.29, 0.717) is 0 Å². The molecule has 0 unspecified atom stereocenters. The average molecular weight is 198 g/mol. The Morgan fingerprint density at radius 1 is 0.500 bits per heavy atom. The number of fused-ring (bicyclic) bond motifs is 3. The van der Waals surface area contributed by atoms with Gasteiger partial charge in [0.25, 0.3) is 0 Å². The van der Waals surface area contributed by atoms with E-state index in [9.17, 15) is 0 Å². The number of hydrogen-bond acceptors (Lipinski definition) is 4. The van der Waals surface area contributed by atoms with Crippen molar-refractivity contribution in [2.45, 2.75) is 0 Å². The van der Waals surface area contributed by atoms with Gasteiger partial charge in [-0.1, -0.05) is 0 Å². The summed E-state index contributed by atoms with van der Waals surface area (Å²) in [6, 6.07) is 0. The SMILES string of the molecule is C1CN2CC[NH+]CCN(CC[NH+]1)CC2. The van der Waals surface area contributed by atoms with E-state index >= 15 is 0 Å². The Hall–Kier alpha value is -0.160. The van der Waals surface area contributed by atoms with Gasteiger partial charge >= 0.3 is 0 Å². The van der Waals surface area contributed by atoms with E-state index in [4.69, 9.17) is 0 Å². The molecule has 2 fully saturated rings. The molecule has 0 aromatic carbocycles. The van der Waals surface area contributed by atoms with Crippen LogP contribution < -0.4 is 10.6 Å². The van der Waals surface area contributed by atoms with E-state index in [1.165, 1.54) is 39.3 Å². The van der Waals surface area contributed by atoms with Crippen molar-refractivity contribution in [3.8, 4) is 0 Å². The van der Waals surface area contributed by atoms with Gasteiger partial charge in [-0.25, -0.2) is 0 Å². The monoisotopic (exact) mass is 198 g/mol. The van der Waals surface area contributed by atoms with Crippen LogP contribution in [0.25, 0.3) is 0 Å². The van der Waals surface area contributed by atoms with Crippen molar-refractivity contribution in [1.82, 2.24) is 9.80 Å². The second-order valence-corrected chi connectivity index (χ2v) is 4.18. The first-order valence-corrected chi connectivity index (χ1v) is 5.81. The molecule has 0 aliphatic carbocycles. The summed E-state index contributed by atoms with van der Waals surface area (Å²) < 4.78 is 0. The first-order valence-electron chi connectivity index (χ1n) is 5.81. The minimum absolute atomic E-state index is 1.15. The van der Waals surface area contributed by atoms with Gasteiger partial charge in [0.05, 0.1) is 26.2 Å². The molecule has 2 saturated heterocycles. The highest BCUT2D eigenvalue weighted by molar-refractivity contribution is 4.65. The quantitative estimate of drug-likeness (QED) is 0.421. The highest BCUT2D eigenvalue weighted by Crippen LogP contribution is 1.92. The lowest BCUT2D eigenvalue weighted by molar-refractivity contribution is -0.661. The van der Waals surface area contributed by atoms with Crippen LogP contribution in [0.4, 0.5) is 0 Å². The summed E-state index contributed by atoms with van der Waals surface area (Å²) in [5, 5.41) is 7.00. The molecular formula is C10H22N4+2. The topological polar surface area (TPSA) is 37.7 Å². The smallest absolute Gasteiger partial charge is 0.133 e. The fraction of sp³-hybridized carbons (Fsp3) is 1.00. The van der Waals surface area contributed by atoms with Gasteiger partial charge in [0.2, 0.25) is 0 Å². The predicted octanol–water partition coefficient (Wildman–Crippen LogP) is -3.68. The third-order valence-electron chi connectivity index (χ3n) is 3.15. The van der Waals surface area contributed by atoms with Crippen molar-refractivity contribution in [3.05, 3.63) is 0 Å². The molecule has 2 aliphatic heterocycles. The molecule has 0 atom stereocenters. The second kappa shape index (κ2) is 5.66. The zero-order valence-corrected chi connectivity index (χ0v) is 8.97. The van der Waals surface area contributed by atoms with Crippen molar-refractivity contribution < 1.29 is 10.6 Å². The molecule has 0 amide bonds. The van der Waals surface area contributed by atoms with Crippen LogP contribution in [0.3, 0.4) is 0 Å². The van der Waals surface area contributed by atoms with Crippen LogP contribution in [0.2, 0.25) is 0 Å². The fourth-order valence-corrected chi connectivity index (χ4v) is 2.15. The molecule has 2 N–H and O–H groups in total. The number of nitrogens with zero attached hydrogens (tertiary/aromatic N) is 2. The first-order chi connectivity index (χ1) is 6.95. The third kappa shape index (κ3) is 3.20. The van der Waals surface area contributed by atoms with E-state index in [0.717, 1.165) is 26.2 Å². The predicted molar refractivity (Wildman–Crippen MR) is 54.3 cm³/mol. The van der Waals surface area contributed by atoms with Crippen LogP contribution in [0.5, 0.6) is 0 Å². The molecule has 0 spiro atoms. The molecule has 4 nitrogen and oxygen atoms in total. The van der Waals surface area contributed by atoms with Crippen LogP contribution in [-0.4, -0.2) is 75.2 Å². The molecule has 2 bridgehead atoms. The summed E-state index contributed by atoms with van der Waals surface area (Å²) in [5.74, 6) is 0. The highest BCUT2D eigenvalue weighted by atomic mass is 15.2. The lowest BCUT2D eigenvalue weighted by Crippen LogP contribution is -2.89. The molecule has 0 aromatic rings. The molecule has 80 valence electrons. The summed E-state index contributed by atoms with van der Waals surface area (Å²) in [7, 11) is 0. The van der Waals surface area contributed by atoms with Crippen LogP contribution >= 0.6 is 0 Å². The van der Waals surface area contributed by atoms with E-state index in [1.54, 1.807) is 0 Å². The van der Waals surface area contributed by atoms with E-state index in [2.05, 4.69) is 20.4 Å². The minimum Gasteiger partial charge on any atom is -0.291 e. The molecule has 2 aliphatic rings. The molecule has 0 saturated carbocycles. The lowest BCUT2D eigenvalue weighted by atomic mass is 10.4. The Bertz CT molecular complexity index is 132. The highest BCUT2D eigenvalue weighted by Gasteiger charge is 2.17. The van der Waals surface area contributed by atoms with Gasteiger partial charge < -0.3 is 0 Å². The van der Waals surface area contributed by atoms with Gasteiger partial charge in [-0.2, -0.15) is 10.6 Å². The Kier molecular flexibility index (Phi) is 4.19. The number of nitrogens with one attached hydrogen (secondary N) is 2. The van der Waals surface area contributed by atoms with Crippen molar-refractivity contribution in [2.24, 2.45) is 0 Å². The summed E-state index contributed by atoms with van der Waals surface area (Å²) in [4.78, 5) is 5.12. The molecule has 2 heterocycles. The Balaban J connectivity index is 1.92. The standard InChI is InChI=1S/C10H22N4/c1-5-13-7-3-12-4-8-14(10-9-13)6-2-11-1/h11-12H,1-10H2/q+2. The largest absolute Gasteiger partial charge is 0.291 e. The third-order valence-corrected chi connectivity index (χ3v) is 3.15. The average Bonchev–Trinajstić information content (AvgIpc) is 2.34.